The number of nitrogens with zero attached hydrogens (tertiary/aromatic N) is 1. The molecular formula is C9H6Cl2N2. The number of hydrogen-bond donors (Lipinski definition) is 1. The first-order chi connectivity index (χ1) is 6.29. The highest BCUT2D eigenvalue weighted by molar-refractivity contribution is 6.52. The van der Waals surface area contributed by atoms with Crippen LogP contribution in [0.4, 0.5) is 5.69 Å². The minimum atomic E-state index is 0.592. The summed E-state index contributed by atoms with van der Waals surface area (Å²) in [5.41, 5.74) is 4.46. The van der Waals surface area contributed by atoms with Crippen LogP contribution in [-0.2, 0) is 0 Å². The summed E-state index contributed by atoms with van der Waals surface area (Å²) in [7, 11) is 0. The van der Waals surface area contributed by atoms with Crippen molar-refractivity contribution in [2.45, 2.75) is 0 Å². The van der Waals surface area contributed by atoms with E-state index in [4.69, 9.17) is 23.2 Å². The lowest BCUT2D eigenvalue weighted by Crippen LogP contribution is -1.90. The third-order valence-electron chi connectivity index (χ3n) is 1.73. The number of benzene rings is 1. The van der Waals surface area contributed by atoms with Crippen molar-refractivity contribution < 1.29 is 0 Å². The number of hydrogen-bond acceptors (Lipinski definition) is 2. The molecule has 0 atom stereocenters. The maximum Gasteiger partial charge on any atom is 0.0664 e. The summed E-state index contributed by atoms with van der Waals surface area (Å²) in [5.74, 6) is 0. The van der Waals surface area contributed by atoms with Crippen LogP contribution in [0, 0.1) is 0 Å². The number of rotatable bonds is 0. The minimum absolute atomic E-state index is 0.592. The Morgan fingerprint density at radius 3 is 2.92 bits per heavy atom. The topological polar surface area (TPSA) is 24.4 Å². The number of hydrazone groups is 1. The third kappa shape index (κ3) is 1.55. The van der Waals surface area contributed by atoms with E-state index in [1.807, 2.05) is 12.1 Å². The summed E-state index contributed by atoms with van der Waals surface area (Å²) in [5, 5.41) is 5.12. The Morgan fingerprint density at radius 1 is 1.23 bits per heavy atom. The molecular weight excluding hydrogens is 207 g/mol. The van der Waals surface area contributed by atoms with Crippen molar-refractivity contribution in [2.75, 3.05) is 5.43 Å². The van der Waals surface area contributed by atoms with Crippen molar-refractivity contribution in [1.29, 1.82) is 0 Å². The summed E-state index contributed by atoms with van der Waals surface area (Å²) in [4.78, 5) is 0. The predicted molar refractivity (Wildman–Crippen MR) is 57.4 cm³/mol. The van der Waals surface area contributed by atoms with Crippen molar-refractivity contribution >= 4 is 40.1 Å². The van der Waals surface area contributed by atoms with Crippen LogP contribution in [0.3, 0.4) is 0 Å². The smallest absolute Gasteiger partial charge is 0.0664 e. The minimum Gasteiger partial charge on any atom is -0.278 e. The van der Waals surface area contributed by atoms with Gasteiger partial charge in [-0.05, 0) is 18.2 Å². The van der Waals surface area contributed by atoms with Gasteiger partial charge in [0.2, 0.25) is 0 Å². The Morgan fingerprint density at radius 2 is 2.08 bits per heavy atom. The highest BCUT2D eigenvalue weighted by atomic mass is 35.5. The van der Waals surface area contributed by atoms with E-state index in [0.29, 0.717) is 10.1 Å². The Balaban J connectivity index is 2.66. The van der Waals surface area contributed by atoms with Crippen LogP contribution in [0.5, 0.6) is 0 Å². The molecule has 2 rings (SSSR count). The van der Waals surface area contributed by atoms with Crippen LogP contribution in [0.1, 0.15) is 5.56 Å². The molecule has 1 aromatic carbocycles. The lowest BCUT2D eigenvalue weighted by Gasteiger charge is -2.07. The van der Waals surface area contributed by atoms with E-state index in [0.717, 1.165) is 11.3 Å². The zero-order chi connectivity index (χ0) is 9.26. The molecule has 0 saturated carbocycles. The van der Waals surface area contributed by atoms with Crippen LogP contribution in [0.15, 0.2) is 29.4 Å². The van der Waals surface area contributed by atoms with E-state index in [-0.39, 0.29) is 0 Å². The Hall–Kier alpha value is -0.990. The van der Waals surface area contributed by atoms with Crippen molar-refractivity contribution in [2.24, 2.45) is 5.10 Å². The zero-order valence-electron chi connectivity index (χ0n) is 6.59. The number of anilines is 1. The first-order valence-corrected chi connectivity index (χ1v) is 4.48. The van der Waals surface area contributed by atoms with Crippen molar-refractivity contribution in [3.8, 4) is 0 Å². The van der Waals surface area contributed by atoms with Crippen molar-refractivity contribution in [3.05, 3.63) is 34.9 Å². The molecule has 0 spiro atoms. The van der Waals surface area contributed by atoms with E-state index < -0.39 is 0 Å². The number of nitrogens with one attached hydrogen (secondary N) is 1. The molecule has 1 aliphatic heterocycles. The molecule has 4 heteroatoms. The molecule has 1 aromatic rings. The largest absolute Gasteiger partial charge is 0.278 e. The molecule has 13 heavy (non-hydrogen) atoms. The number of allylic oxidation sites excluding steroid dienone is 1. The third-order valence-corrected chi connectivity index (χ3v) is 2.36. The molecule has 1 N–H and O–H groups in total. The Labute approximate surface area is 85.9 Å². The van der Waals surface area contributed by atoms with Gasteiger partial charge in [-0.1, -0.05) is 29.3 Å². The number of halogens is 2. The van der Waals surface area contributed by atoms with Gasteiger partial charge in [0, 0.05) is 11.8 Å². The summed E-state index contributed by atoms with van der Waals surface area (Å²) in [6.07, 6.45) is 3.30. The van der Waals surface area contributed by atoms with Gasteiger partial charge in [-0.25, -0.2) is 0 Å². The van der Waals surface area contributed by atoms with Crippen molar-refractivity contribution in [1.82, 2.24) is 0 Å². The van der Waals surface area contributed by atoms with Crippen LogP contribution in [0.2, 0.25) is 5.02 Å². The van der Waals surface area contributed by atoms with Gasteiger partial charge < -0.3 is 0 Å². The molecule has 0 unspecified atom stereocenters. The average molecular weight is 213 g/mol. The van der Waals surface area contributed by atoms with Gasteiger partial charge in [0.05, 0.1) is 15.7 Å². The lowest BCUT2D eigenvalue weighted by molar-refractivity contribution is 1.35. The summed E-state index contributed by atoms with van der Waals surface area (Å²) < 4.78 is 0. The van der Waals surface area contributed by atoms with Gasteiger partial charge in [0.25, 0.3) is 0 Å². The molecule has 0 fully saturated rings. The SMILES string of the molecule is ClC1=CC=NNc2cccc(Cl)c21. The van der Waals surface area contributed by atoms with Crippen LogP contribution < -0.4 is 5.43 Å². The van der Waals surface area contributed by atoms with Gasteiger partial charge in [-0.2, -0.15) is 5.10 Å². The highest BCUT2D eigenvalue weighted by Crippen LogP contribution is 2.34. The molecule has 66 valence electrons. The molecule has 0 aliphatic carbocycles. The molecule has 1 aliphatic rings. The van der Waals surface area contributed by atoms with Crippen LogP contribution in [-0.4, -0.2) is 6.21 Å². The van der Waals surface area contributed by atoms with Gasteiger partial charge in [-0.15, -0.1) is 0 Å². The Kier molecular flexibility index (Phi) is 2.25. The summed E-state index contributed by atoms with van der Waals surface area (Å²) in [6, 6.07) is 5.52. The first kappa shape index (κ1) is 8.60. The van der Waals surface area contributed by atoms with Gasteiger partial charge >= 0.3 is 0 Å². The second kappa shape index (κ2) is 3.40. The van der Waals surface area contributed by atoms with E-state index >= 15 is 0 Å². The Bertz CT molecular complexity index is 397. The van der Waals surface area contributed by atoms with Crippen LogP contribution in [0.25, 0.3) is 5.03 Å². The van der Waals surface area contributed by atoms with Gasteiger partial charge in [-0.3, -0.25) is 5.43 Å². The monoisotopic (exact) mass is 212 g/mol. The molecule has 0 aromatic heterocycles. The maximum absolute atomic E-state index is 6.00. The second-order valence-corrected chi connectivity index (χ2v) is 3.38. The van der Waals surface area contributed by atoms with Crippen LogP contribution >= 0.6 is 23.2 Å². The average Bonchev–Trinajstić information content (AvgIpc) is 2.29. The van der Waals surface area contributed by atoms with E-state index in [9.17, 15) is 0 Å². The fraction of sp³-hybridized carbons (Fsp3) is 0. The first-order valence-electron chi connectivity index (χ1n) is 3.73. The van der Waals surface area contributed by atoms with E-state index in [1.54, 1.807) is 18.4 Å². The van der Waals surface area contributed by atoms with E-state index in [1.165, 1.54) is 0 Å². The lowest BCUT2D eigenvalue weighted by atomic mass is 10.1. The second-order valence-electron chi connectivity index (χ2n) is 2.57. The van der Waals surface area contributed by atoms with Crippen molar-refractivity contribution in [3.63, 3.8) is 0 Å². The predicted octanol–water partition coefficient (Wildman–Crippen LogP) is 3.33. The summed E-state index contributed by atoms with van der Waals surface area (Å²) in [6.45, 7) is 0. The standard InChI is InChI=1S/C9H6Cl2N2/c10-6-2-1-3-8-9(6)7(11)4-5-12-13-8/h1-5,13H. The fourth-order valence-corrected chi connectivity index (χ4v) is 1.74. The number of fused-ring (bicyclic) bond motifs is 1. The molecule has 0 bridgehead atoms. The zero-order valence-corrected chi connectivity index (χ0v) is 8.10. The quantitative estimate of drug-likeness (QED) is 0.702. The molecule has 1 heterocycles. The van der Waals surface area contributed by atoms with E-state index in [2.05, 4.69) is 10.5 Å². The van der Waals surface area contributed by atoms with Gasteiger partial charge in [0.1, 0.15) is 0 Å². The molecule has 0 amide bonds. The summed E-state index contributed by atoms with van der Waals surface area (Å²) >= 11 is 12.0. The molecule has 0 saturated heterocycles. The normalized spacial score (nSPS) is 14.2. The fourth-order valence-electron chi connectivity index (χ4n) is 1.15. The maximum atomic E-state index is 6.00. The van der Waals surface area contributed by atoms with Gasteiger partial charge in [0.15, 0.2) is 0 Å². The molecule has 2 nitrogen and oxygen atoms in total. The molecule has 0 radical (unpaired) electrons. The highest BCUT2D eigenvalue weighted by Gasteiger charge is 2.10.